The first-order valence-corrected chi connectivity index (χ1v) is 6.35. The van der Waals surface area contributed by atoms with Crippen LogP contribution in [0, 0.1) is 34.6 Å². The largest absolute Gasteiger partial charge is 0.508 e. The lowest BCUT2D eigenvalue weighted by Gasteiger charge is -2.03. The summed E-state index contributed by atoms with van der Waals surface area (Å²) < 4.78 is 0. The number of aryl methyl sites for hydroxylation is 3. The van der Waals surface area contributed by atoms with Crippen molar-refractivity contribution in [2.24, 2.45) is 0 Å². The Labute approximate surface area is 115 Å². The molecule has 0 aliphatic heterocycles. The van der Waals surface area contributed by atoms with Crippen LogP contribution < -0.4 is 0 Å². The number of phenolic OH excluding ortho intramolecular Hbond substituents is 2. The van der Waals surface area contributed by atoms with Crippen molar-refractivity contribution < 1.29 is 10.2 Å². The second kappa shape index (κ2) is 6.28. The minimum Gasteiger partial charge on any atom is -0.508 e. The molecule has 0 saturated heterocycles. The molecule has 0 saturated carbocycles. The van der Waals surface area contributed by atoms with Crippen molar-refractivity contribution in [3.63, 3.8) is 0 Å². The van der Waals surface area contributed by atoms with E-state index in [4.69, 9.17) is 5.11 Å². The average molecular weight is 258 g/mol. The van der Waals surface area contributed by atoms with Crippen LogP contribution in [0.4, 0.5) is 0 Å². The fourth-order valence-electron chi connectivity index (χ4n) is 1.72. The van der Waals surface area contributed by atoms with E-state index in [2.05, 4.69) is 39.0 Å². The zero-order chi connectivity index (χ0) is 14.6. The van der Waals surface area contributed by atoms with E-state index in [-0.39, 0.29) is 11.5 Å². The van der Waals surface area contributed by atoms with Crippen LogP contribution in [0.15, 0.2) is 30.3 Å². The third-order valence-corrected chi connectivity index (χ3v) is 3.48. The van der Waals surface area contributed by atoms with E-state index in [0.29, 0.717) is 5.56 Å². The quantitative estimate of drug-likeness (QED) is 0.738. The van der Waals surface area contributed by atoms with Crippen LogP contribution >= 0.6 is 0 Å². The Bertz CT molecular complexity index is 524. The maximum Gasteiger partial charge on any atom is 0.125 e. The highest BCUT2D eigenvalue weighted by molar-refractivity contribution is 5.46. The maximum absolute atomic E-state index is 9.23. The molecule has 0 bridgehead atoms. The van der Waals surface area contributed by atoms with Crippen LogP contribution in [-0.2, 0) is 0 Å². The normalized spacial score (nSPS) is 9.74. The van der Waals surface area contributed by atoms with Gasteiger partial charge in [-0.2, -0.15) is 0 Å². The number of aromatic hydroxyl groups is 2. The zero-order valence-corrected chi connectivity index (χ0v) is 12.3. The highest BCUT2D eigenvalue weighted by Gasteiger charge is 2.02. The SMILES string of the molecule is Cc1ccc(O)c(C)c1O.Cc1cccc(C)c1C. The van der Waals surface area contributed by atoms with Crippen molar-refractivity contribution in [2.75, 3.05) is 0 Å². The van der Waals surface area contributed by atoms with Gasteiger partial charge in [-0.15, -0.1) is 0 Å². The first kappa shape index (κ1) is 15.1. The van der Waals surface area contributed by atoms with Gasteiger partial charge in [0.15, 0.2) is 0 Å². The molecule has 0 fully saturated rings. The van der Waals surface area contributed by atoms with Crippen molar-refractivity contribution in [1.82, 2.24) is 0 Å². The predicted octanol–water partition coefficient (Wildman–Crippen LogP) is 4.33. The molecule has 0 aliphatic rings. The average Bonchev–Trinajstić information content (AvgIpc) is 2.39. The highest BCUT2D eigenvalue weighted by atomic mass is 16.3. The molecule has 0 aromatic heterocycles. The van der Waals surface area contributed by atoms with Gasteiger partial charge in [-0.3, -0.25) is 0 Å². The van der Waals surface area contributed by atoms with Gasteiger partial charge >= 0.3 is 0 Å². The van der Waals surface area contributed by atoms with Crippen LogP contribution in [0.3, 0.4) is 0 Å². The lowest BCUT2D eigenvalue weighted by Crippen LogP contribution is -1.82. The lowest BCUT2D eigenvalue weighted by atomic mass is 10.1. The molecule has 2 heteroatoms. The molecule has 2 aromatic carbocycles. The molecule has 0 heterocycles. The summed E-state index contributed by atoms with van der Waals surface area (Å²) in [7, 11) is 0. The number of benzene rings is 2. The Hall–Kier alpha value is -1.96. The summed E-state index contributed by atoms with van der Waals surface area (Å²) in [6.07, 6.45) is 0. The molecular formula is C17H22O2. The first-order valence-electron chi connectivity index (χ1n) is 6.35. The zero-order valence-electron chi connectivity index (χ0n) is 12.3. The van der Waals surface area contributed by atoms with E-state index < -0.39 is 0 Å². The van der Waals surface area contributed by atoms with Gasteiger partial charge in [-0.1, -0.05) is 24.3 Å². The van der Waals surface area contributed by atoms with E-state index in [9.17, 15) is 5.11 Å². The smallest absolute Gasteiger partial charge is 0.125 e. The Morgan fingerprint density at radius 3 is 1.58 bits per heavy atom. The van der Waals surface area contributed by atoms with Gasteiger partial charge in [-0.25, -0.2) is 0 Å². The van der Waals surface area contributed by atoms with Gasteiger partial charge < -0.3 is 10.2 Å². The van der Waals surface area contributed by atoms with E-state index >= 15 is 0 Å². The lowest BCUT2D eigenvalue weighted by molar-refractivity contribution is 0.440. The van der Waals surface area contributed by atoms with Crippen LogP contribution in [-0.4, -0.2) is 10.2 Å². The van der Waals surface area contributed by atoms with Crippen molar-refractivity contribution in [2.45, 2.75) is 34.6 Å². The molecule has 0 aliphatic carbocycles. The second-order valence-corrected chi connectivity index (χ2v) is 4.89. The Balaban J connectivity index is 0.000000191. The monoisotopic (exact) mass is 258 g/mol. The Morgan fingerprint density at radius 2 is 1.16 bits per heavy atom. The standard InChI is InChI=1S/C9H12.C8H10O2/c1-7-5-4-6-8(2)9(7)3;1-5-3-4-7(9)6(2)8(5)10/h4-6H,1-3H3;3-4,9-10H,1-2H3. The van der Waals surface area contributed by atoms with Gasteiger partial charge in [0.1, 0.15) is 11.5 Å². The Kier molecular flexibility index (Phi) is 4.99. The summed E-state index contributed by atoms with van der Waals surface area (Å²) in [5.41, 5.74) is 5.51. The summed E-state index contributed by atoms with van der Waals surface area (Å²) in [4.78, 5) is 0. The molecule has 0 atom stereocenters. The van der Waals surface area contributed by atoms with Crippen LogP contribution in [0.25, 0.3) is 0 Å². The number of hydrogen-bond acceptors (Lipinski definition) is 2. The van der Waals surface area contributed by atoms with Crippen molar-refractivity contribution >= 4 is 0 Å². The fourth-order valence-corrected chi connectivity index (χ4v) is 1.72. The number of hydrogen-bond donors (Lipinski definition) is 2. The molecule has 2 rings (SSSR count). The molecule has 2 N–H and O–H groups in total. The summed E-state index contributed by atoms with van der Waals surface area (Å²) in [5, 5.41) is 18.3. The minimum absolute atomic E-state index is 0.142. The minimum atomic E-state index is 0.142. The third kappa shape index (κ3) is 3.75. The highest BCUT2D eigenvalue weighted by Crippen LogP contribution is 2.28. The molecule has 2 nitrogen and oxygen atoms in total. The molecule has 0 radical (unpaired) electrons. The first-order chi connectivity index (χ1) is 8.84. The molecule has 0 unspecified atom stereocenters. The fraction of sp³-hybridized carbons (Fsp3) is 0.294. The Morgan fingerprint density at radius 1 is 0.632 bits per heavy atom. The molecule has 102 valence electrons. The van der Waals surface area contributed by atoms with E-state index in [1.807, 2.05) is 0 Å². The van der Waals surface area contributed by atoms with Crippen molar-refractivity contribution in [1.29, 1.82) is 0 Å². The summed E-state index contributed by atoms with van der Waals surface area (Å²) >= 11 is 0. The number of rotatable bonds is 0. The van der Waals surface area contributed by atoms with Crippen LogP contribution in [0.1, 0.15) is 27.8 Å². The van der Waals surface area contributed by atoms with Gasteiger partial charge in [0, 0.05) is 5.56 Å². The van der Waals surface area contributed by atoms with Gasteiger partial charge in [-0.05, 0) is 62.9 Å². The van der Waals surface area contributed by atoms with Crippen LogP contribution in [0.2, 0.25) is 0 Å². The van der Waals surface area contributed by atoms with Crippen molar-refractivity contribution in [3.8, 4) is 11.5 Å². The third-order valence-electron chi connectivity index (χ3n) is 3.48. The summed E-state index contributed by atoms with van der Waals surface area (Å²) in [5.74, 6) is 0.322. The second-order valence-electron chi connectivity index (χ2n) is 4.89. The molecule has 0 amide bonds. The van der Waals surface area contributed by atoms with Gasteiger partial charge in [0.25, 0.3) is 0 Å². The molecule has 0 spiro atoms. The summed E-state index contributed by atoms with van der Waals surface area (Å²) in [6.45, 7) is 9.91. The van der Waals surface area contributed by atoms with Gasteiger partial charge in [0.2, 0.25) is 0 Å². The topological polar surface area (TPSA) is 40.5 Å². The van der Waals surface area contributed by atoms with Crippen LogP contribution in [0.5, 0.6) is 11.5 Å². The van der Waals surface area contributed by atoms with E-state index in [0.717, 1.165) is 5.56 Å². The maximum atomic E-state index is 9.23. The number of phenols is 2. The van der Waals surface area contributed by atoms with Crippen molar-refractivity contribution in [3.05, 3.63) is 58.1 Å². The van der Waals surface area contributed by atoms with Gasteiger partial charge in [0.05, 0.1) is 0 Å². The summed E-state index contributed by atoms with van der Waals surface area (Å²) in [6, 6.07) is 9.63. The van der Waals surface area contributed by atoms with E-state index in [1.54, 1.807) is 26.0 Å². The molecule has 2 aromatic rings. The predicted molar refractivity (Wildman–Crippen MR) is 79.9 cm³/mol. The van der Waals surface area contributed by atoms with E-state index in [1.165, 1.54) is 16.7 Å². The molecule has 19 heavy (non-hydrogen) atoms. The molecular weight excluding hydrogens is 236 g/mol.